The maximum atomic E-state index is 12.0. The van der Waals surface area contributed by atoms with Gasteiger partial charge in [-0.25, -0.2) is 0 Å². The molecule has 0 bridgehead atoms. The summed E-state index contributed by atoms with van der Waals surface area (Å²) in [7, 11) is 0. The van der Waals surface area contributed by atoms with Gasteiger partial charge in [0.15, 0.2) is 0 Å². The minimum absolute atomic E-state index is 0. The first-order valence-corrected chi connectivity index (χ1v) is 5.77. The first kappa shape index (κ1) is 12.8. The molecule has 2 aliphatic heterocycles. The molecule has 3 nitrogen and oxygen atoms in total. The topological polar surface area (TPSA) is 32.3 Å². The molecule has 0 aromatic rings. The Labute approximate surface area is 98.0 Å². The molecule has 0 aliphatic carbocycles. The number of hydrogen-bond donors (Lipinski definition) is 1. The lowest BCUT2D eigenvalue weighted by molar-refractivity contribution is -0.136. The fraction of sp³-hybridized carbons (Fsp3) is 0.909. The SMILES string of the molecule is CC1CCN(C(=O)C2CCNC2)CC1.Cl. The van der Waals surface area contributed by atoms with E-state index in [2.05, 4.69) is 17.1 Å². The van der Waals surface area contributed by atoms with Crippen LogP contribution in [-0.2, 0) is 4.79 Å². The molecule has 1 N–H and O–H groups in total. The largest absolute Gasteiger partial charge is 0.342 e. The van der Waals surface area contributed by atoms with Crippen LogP contribution in [0.4, 0.5) is 0 Å². The molecule has 0 aromatic heterocycles. The van der Waals surface area contributed by atoms with Crippen LogP contribution in [0.25, 0.3) is 0 Å². The normalized spacial score (nSPS) is 27.5. The predicted molar refractivity (Wildman–Crippen MR) is 63.2 cm³/mol. The molecular formula is C11H21ClN2O. The molecule has 2 heterocycles. The molecule has 0 saturated carbocycles. The van der Waals surface area contributed by atoms with Gasteiger partial charge >= 0.3 is 0 Å². The van der Waals surface area contributed by atoms with E-state index in [4.69, 9.17) is 0 Å². The van der Waals surface area contributed by atoms with E-state index in [1.54, 1.807) is 0 Å². The Morgan fingerprint density at radius 1 is 1.27 bits per heavy atom. The van der Waals surface area contributed by atoms with E-state index in [1.165, 1.54) is 12.8 Å². The number of hydrogen-bond acceptors (Lipinski definition) is 2. The Balaban J connectivity index is 0.00000112. The number of carbonyl (C=O) groups is 1. The molecule has 2 saturated heterocycles. The third-order valence-corrected chi connectivity index (χ3v) is 3.50. The molecular weight excluding hydrogens is 212 g/mol. The first-order chi connectivity index (χ1) is 6.77. The first-order valence-electron chi connectivity index (χ1n) is 5.77. The second-order valence-corrected chi connectivity index (χ2v) is 4.70. The van der Waals surface area contributed by atoms with Crippen molar-refractivity contribution in [2.75, 3.05) is 26.2 Å². The van der Waals surface area contributed by atoms with Gasteiger partial charge in [-0.1, -0.05) is 6.92 Å². The summed E-state index contributed by atoms with van der Waals surface area (Å²) >= 11 is 0. The summed E-state index contributed by atoms with van der Waals surface area (Å²) in [5, 5.41) is 3.25. The fourth-order valence-electron chi connectivity index (χ4n) is 2.35. The van der Waals surface area contributed by atoms with Gasteiger partial charge in [-0.05, 0) is 31.7 Å². The maximum Gasteiger partial charge on any atom is 0.227 e. The highest BCUT2D eigenvalue weighted by molar-refractivity contribution is 5.85. The van der Waals surface area contributed by atoms with Crippen molar-refractivity contribution in [3.8, 4) is 0 Å². The lowest BCUT2D eigenvalue weighted by Crippen LogP contribution is -2.41. The van der Waals surface area contributed by atoms with Gasteiger partial charge in [0.05, 0.1) is 5.92 Å². The summed E-state index contributed by atoms with van der Waals surface area (Å²) in [4.78, 5) is 14.1. The molecule has 2 rings (SSSR count). The Hall–Kier alpha value is -0.280. The summed E-state index contributed by atoms with van der Waals surface area (Å²) in [6, 6.07) is 0. The van der Waals surface area contributed by atoms with E-state index in [0.29, 0.717) is 5.91 Å². The van der Waals surface area contributed by atoms with E-state index in [-0.39, 0.29) is 18.3 Å². The molecule has 1 atom stereocenters. The third kappa shape index (κ3) is 3.08. The smallest absolute Gasteiger partial charge is 0.227 e. The average molecular weight is 233 g/mol. The zero-order valence-electron chi connectivity index (χ0n) is 9.37. The van der Waals surface area contributed by atoms with Gasteiger partial charge in [0.25, 0.3) is 0 Å². The molecule has 0 radical (unpaired) electrons. The van der Waals surface area contributed by atoms with E-state index < -0.39 is 0 Å². The van der Waals surface area contributed by atoms with E-state index >= 15 is 0 Å². The van der Waals surface area contributed by atoms with Crippen molar-refractivity contribution in [2.24, 2.45) is 11.8 Å². The number of rotatable bonds is 1. The van der Waals surface area contributed by atoms with Crippen molar-refractivity contribution < 1.29 is 4.79 Å². The van der Waals surface area contributed by atoms with Crippen molar-refractivity contribution in [1.82, 2.24) is 10.2 Å². The molecule has 88 valence electrons. The van der Waals surface area contributed by atoms with Gasteiger partial charge in [-0.2, -0.15) is 0 Å². The lowest BCUT2D eigenvalue weighted by Gasteiger charge is -2.32. The Kier molecular flexibility index (Phi) is 4.87. The van der Waals surface area contributed by atoms with Gasteiger partial charge in [-0.3, -0.25) is 4.79 Å². The monoisotopic (exact) mass is 232 g/mol. The minimum atomic E-state index is 0. The van der Waals surface area contributed by atoms with E-state index in [9.17, 15) is 4.79 Å². The molecule has 0 aromatic carbocycles. The summed E-state index contributed by atoms with van der Waals surface area (Å²) in [6.07, 6.45) is 3.41. The van der Waals surface area contributed by atoms with Crippen molar-refractivity contribution in [3.63, 3.8) is 0 Å². The number of halogens is 1. The standard InChI is InChI=1S/C11H20N2O.ClH/c1-9-3-6-13(7-4-9)11(14)10-2-5-12-8-10;/h9-10,12H,2-8H2,1H3;1H. The average Bonchev–Trinajstić information content (AvgIpc) is 2.71. The molecule has 2 aliphatic rings. The fourth-order valence-corrected chi connectivity index (χ4v) is 2.35. The van der Waals surface area contributed by atoms with Crippen LogP contribution in [-0.4, -0.2) is 37.0 Å². The van der Waals surface area contributed by atoms with Crippen molar-refractivity contribution in [1.29, 1.82) is 0 Å². The summed E-state index contributed by atoms with van der Waals surface area (Å²) in [5.74, 6) is 1.46. The van der Waals surface area contributed by atoms with Gasteiger partial charge in [0.2, 0.25) is 5.91 Å². The summed E-state index contributed by atoms with van der Waals surface area (Å²) in [5.41, 5.74) is 0. The Morgan fingerprint density at radius 2 is 1.93 bits per heavy atom. The van der Waals surface area contributed by atoms with Crippen molar-refractivity contribution in [2.45, 2.75) is 26.2 Å². The number of carbonyl (C=O) groups excluding carboxylic acids is 1. The number of nitrogens with one attached hydrogen (secondary N) is 1. The summed E-state index contributed by atoms with van der Waals surface area (Å²) < 4.78 is 0. The van der Waals surface area contributed by atoms with E-state index in [0.717, 1.165) is 38.5 Å². The van der Waals surface area contributed by atoms with Crippen molar-refractivity contribution >= 4 is 18.3 Å². The van der Waals surface area contributed by atoms with Crippen LogP contribution in [0.3, 0.4) is 0 Å². The number of nitrogens with zero attached hydrogens (tertiary/aromatic N) is 1. The second-order valence-electron chi connectivity index (χ2n) is 4.70. The van der Waals surface area contributed by atoms with E-state index in [1.807, 2.05) is 0 Å². The van der Waals surface area contributed by atoms with Crippen LogP contribution in [0.2, 0.25) is 0 Å². The second kappa shape index (κ2) is 5.71. The molecule has 1 amide bonds. The van der Waals surface area contributed by atoms with Gasteiger partial charge in [-0.15, -0.1) is 12.4 Å². The van der Waals surface area contributed by atoms with Crippen LogP contribution < -0.4 is 5.32 Å². The van der Waals surface area contributed by atoms with Crippen LogP contribution in [0.5, 0.6) is 0 Å². The molecule has 2 fully saturated rings. The van der Waals surface area contributed by atoms with Gasteiger partial charge < -0.3 is 10.2 Å². The maximum absolute atomic E-state index is 12.0. The van der Waals surface area contributed by atoms with Crippen LogP contribution in [0.15, 0.2) is 0 Å². The minimum Gasteiger partial charge on any atom is -0.342 e. The Bertz CT molecular complexity index is 209. The molecule has 4 heteroatoms. The zero-order chi connectivity index (χ0) is 9.97. The highest BCUT2D eigenvalue weighted by Gasteiger charge is 2.28. The predicted octanol–water partition coefficient (Wildman–Crippen LogP) is 1.28. The van der Waals surface area contributed by atoms with Crippen molar-refractivity contribution in [3.05, 3.63) is 0 Å². The zero-order valence-corrected chi connectivity index (χ0v) is 10.2. The third-order valence-electron chi connectivity index (χ3n) is 3.50. The molecule has 0 spiro atoms. The highest BCUT2D eigenvalue weighted by Crippen LogP contribution is 2.19. The number of amides is 1. The molecule has 15 heavy (non-hydrogen) atoms. The summed E-state index contributed by atoms with van der Waals surface area (Å²) in [6.45, 7) is 6.15. The number of piperidine rings is 1. The van der Waals surface area contributed by atoms with Crippen LogP contribution in [0, 0.1) is 11.8 Å². The number of likely N-dealkylation sites (tertiary alicyclic amines) is 1. The lowest BCUT2D eigenvalue weighted by atomic mass is 9.97. The van der Waals surface area contributed by atoms with Gasteiger partial charge in [0.1, 0.15) is 0 Å². The molecule has 1 unspecified atom stereocenters. The van der Waals surface area contributed by atoms with Crippen LogP contribution >= 0.6 is 12.4 Å². The quantitative estimate of drug-likeness (QED) is 0.739. The Morgan fingerprint density at radius 3 is 2.47 bits per heavy atom. The van der Waals surface area contributed by atoms with Gasteiger partial charge in [0, 0.05) is 19.6 Å². The highest BCUT2D eigenvalue weighted by atomic mass is 35.5. The van der Waals surface area contributed by atoms with Crippen LogP contribution in [0.1, 0.15) is 26.2 Å².